The van der Waals surface area contributed by atoms with E-state index >= 15 is 0 Å². The highest BCUT2D eigenvalue weighted by Crippen LogP contribution is 2.31. The van der Waals surface area contributed by atoms with Gasteiger partial charge in [-0.3, -0.25) is 14.9 Å². The number of esters is 1. The van der Waals surface area contributed by atoms with E-state index in [1.165, 1.54) is 6.42 Å². The lowest BCUT2D eigenvalue weighted by Gasteiger charge is -2.41. The number of nitrogens with two attached hydrogens (primary N) is 1. The molecule has 1 aliphatic carbocycles. The third-order valence-electron chi connectivity index (χ3n) is 6.40. The number of piperidine rings is 1. The SMILES string of the molecule is CC(C)(C)OC(=O)C1CCC(N)(N[C@H](Cc2ccc(Cl)cc2)C(=O)N2CCCCC2)CC1. The fourth-order valence-corrected chi connectivity index (χ4v) is 4.76. The number of hydrogen-bond donors (Lipinski definition) is 2. The van der Waals surface area contributed by atoms with Gasteiger partial charge in [0, 0.05) is 18.1 Å². The molecule has 1 aliphatic heterocycles. The minimum absolute atomic E-state index is 0.110. The Morgan fingerprint density at radius 3 is 2.31 bits per heavy atom. The van der Waals surface area contributed by atoms with Crippen LogP contribution in [0.4, 0.5) is 0 Å². The summed E-state index contributed by atoms with van der Waals surface area (Å²) in [5.74, 6) is -0.180. The average molecular weight is 464 g/mol. The largest absolute Gasteiger partial charge is 0.460 e. The summed E-state index contributed by atoms with van der Waals surface area (Å²) in [6.45, 7) is 7.26. The molecular weight excluding hydrogens is 426 g/mol. The zero-order chi connectivity index (χ0) is 23.4. The first kappa shape index (κ1) is 25.0. The number of likely N-dealkylation sites (tertiary alicyclic amines) is 1. The predicted octanol–water partition coefficient (Wildman–Crippen LogP) is 4.04. The number of halogens is 1. The number of hydrogen-bond acceptors (Lipinski definition) is 5. The van der Waals surface area contributed by atoms with Crippen LogP contribution in [0.2, 0.25) is 5.02 Å². The normalized spacial score (nSPS) is 25.3. The number of nitrogens with zero attached hydrogens (tertiary/aromatic N) is 1. The molecule has 3 rings (SSSR count). The monoisotopic (exact) mass is 463 g/mol. The summed E-state index contributed by atoms with van der Waals surface area (Å²) in [5.41, 5.74) is 6.62. The molecule has 2 fully saturated rings. The standard InChI is InChI=1S/C25H38ClN3O3/c1-24(2,3)32-23(31)19-11-13-25(27,14-12-19)28-21(17-18-7-9-20(26)10-8-18)22(30)29-15-5-4-6-16-29/h7-10,19,21,28H,4-6,11-17,27H2,1-3H3/t19?,21-,25?/m1/s1. The van der Waals surface area contributed by atoms with Crippen molar-refractivity contribution in [3.05, 3.63) is 34.9 Å². The van der Waals surface area contributed by atoms with Crippen molar-refractivity contribution in [1.82, 2.24) is 10.2 Å². The first-order chi connectivity index (χ1) is 15.0. The molecule has 3 N–H and O–H groups in total. The molecule has 1 heterocycles. The second-order valence-corrected chi connectivity index (χ2v) is 10.8. The van der Waals surface area contributed by atoms with Gasteiger partial charge in [0.05, 0.1) is 17.6 Å². The number of amides is 1. The Bertz CT molecular complexity index is 777. The summed E-state index contributed by atoms with van der Waals surface area (Å²) in [4.78, 5) is 27.9. The number of ether oxygens (including phenoxy) is 1. The van der Waals surface area contributed by atoms with Gasteiger partial charge in [-0.15, -0.1) is 0 Å². The Labute approximate surface area is 197 Å². The van der Waals surface area contributed by atoms with Crippen molar-refractivity contribution in [3.63, 3.8) is 0 Å². The number of rotatable bonds is 6. The summed E-state index contributed by atoms with van der Waals surface area (Å²) < 4.78 is 5.56. The van der Waals surface area contributed by atoms with Gasteiger partial charge >= 0.3 is 5.97 Å². The molecule has 1 saturated carbocycles. The van der Waals surface area contributed by atoms with Crippen molar-refractivity contribution in [3.8, 4) is 0 Å². The highest BCUT2D eigenvalue weighted by molar-refractivity contribution is 6.30. The van der Waals surface area contributed by atoms with Gasteiger partial charge in [0.25, 0.3) is 0 Å². The van der Waals surface area contributed by atoms with Crippen LogP contribution in [-0.4, -0.2) is 47.2 Å². The van der Waals surface area contributed by atoms with Gasteiger partial charge in [0.1, 0.15) is 5.60 Å². The van der Waals surface area contributed by atoms with Crippen LogP contribution in [0.1, 0.15) is 71.3 Å². The quantitative estimate of drug-likeness (QED) is 0.491. The fraction of sp³-hybridized carbons (Fsp3) is 0.680. The molecule has 1 saturated heterocycles. The van der Waals surface area contributed by atoms with Gasteiger partial charge in [0.15, 0.2) is 0 Å². The Morgan fingerprint density at radius 2 is 1.75 bits per heavy atom. The van der Waals surface area contributed by atoms with Crippen LogP contribution in [0.15, 0.2) is 24.3 Å². The molecule has 32 heavy (non-hydrogen) atoms. The summed E-state index contributed by atoms with van der Waals surface area (Å²) in [6, 6.07) is 7.22. The summed E-state index contributed by atoms with van der Waals surface area (Å²) in [5, 5.41) is 4.18. The van der Waals surface area contributed by atoms with Crippen LogP contribution < -0.4 is 11.1 Å². The number of nitrogens with one attached hydrogen (secondary N) is 1. The number of carbonyl (C=O) groups excluding carboxylic acids is 2. The summed E-state index contributed by atoms with van der Waals surface area (Å²) >= 11 is 6.04. The fourth-order valence-electron chi connectivity index (χ4n) is 4.64. The Balaban J connectivity index is 1.67. The minimum atomic E-state index is -0.680. The maximum Gasteiger partial charge on any atom is 0.309 e. The van der Waals surface area contributed by atoms with Crippen LogP contribution in [0.25, 0.3) is 0 Å². The number of carbonyl (C=O) groups is 2. The van der Waals surface area contributed by atoms with E-state index in [4.69, 9.17) is 22.1 Å². The van der Waals surface area contributed by atoms with E-state index in [1.807, 2.05) is 49.9 Å². The van der Waals surface area contributed by atoms with E-state index in [1.54, 1.807) is 0 Å². The van der Waals surface area contributed by atoms with Crippen molar-refractivity contribution in [2.75, 3.05) is 13.1 Å². The smallest absolute Gasteiger partial charge is 0.309 e. The molecule has 0 bridgehead atoms. The summed E-state index contributed by atoms with van der Waals surface area (Å²) in [6.07, 6.45) is 6.39. The van der Waals surface area contributed by atoms with Gasteiger partial charge in [0.2, 0.25) is 5.91 Å². The highest BCUT2D eigenvalue weighted by atomic mass is 35.5. The van der Waals surface area contributed by atoms with Gasteiger partial charge < -0.3 is 15.4 Å². The minimum Gasteiger partial charge on any atom is -0.460 e. The maximum absolute atomic E-state index is 13.4. The van der Waals surface area contributed by atoms with Gasteiger partial charge in [-0.2, -0.15) is 0 Å². The van der Waals surface area contributed by atoms with E-state index in [0.717, 1.165) is 31.5 Å². The van der Waals surface area contributed by atoms with Crippen molar-refractivity contribution < 1.29 is 14.3 Å². The van der Waals surface area contributed by atoms with E-state index in [9.17, 15) is 9.59 Å². The van der Waals surface area contributed by atoms with E-state index in [0.29, 0.717) is 37.1 Å². The zero-order valence-corrected chi connectivity index (χ0v) is 20.4. The predicted molar refractivity (Wildman–Crippen MR) is 127 cm³/mol. The molecule has 1 amide bonds. The molecule has 0 aromatic heterocycles. The zero-order valence-electron chi connectivity index (χ0n) is 19.7. The van der Waals surface area contributed by atoms with E-state index in [-0.39, 0.29) is 17.8 Å². The lowest BCUT2D eigenvalue weighted by molar-refractivity contribution is -0.161. The molecule has 0 spiro atoms. The lowest BCUT2D eigenvalue weighted by atomic mass is 9.81. The molecule has 7 heteroatoms. The van der Waals surface area contributed by atoms with Crippen molar-refractivity contribution >= 4 is 23.5 Å². The van der Waals surface area contributed by atoms with Crippen LogP contribution in [0.5, 0.6) is 0 Å². The molecule has 178 valence electrons. The second-order valence-electron chi connectivity index (χ2n) is 10.4. The van der Waals surface area contributed by atoms with Crippen LogP contribution >= 0.6 is 11.6 Å². The molecule has 0 unspecified atom stereocenters. The highest BCUT2D eigenvalue weighted by Gasteiger charge is 2.39. The lowest BCUT2D eigenvalue weighted by Crippen LogP contribution is -2.63. The van der Waals surface area contributed by atoms with E-state index in [2.05, 4.69) is 5.32 Å². The molecule has 1 aromatic carbocycles. The second kappa shape index (κ2) is 10.5. The third kappa shape index (κ3) is 7.19. The van der Waals surface area contributed by atoms with Crippen molar-refractivity contribution in [2.24, 2.45) is 11.7 Å². The van der Waals surface area contributed by atoms with Gasteiger partial charge in [-0.25, -0.2) is 0 Å². The van der Waals surface area contributed by atoms with Crippen LogP contribution in [0.3, 0.4) is 0 Å². The van der Waals surface area contributed by atoms with Crippen LogP contribution in [-0.2, 0) is 20.7 Å². The first-order valence-electron chi connectivity index (χ1n) is 11.9. The molecular formula is C25H38ClN3O3. The van der Waals surface area contributed by atoms with Crippen molar-refractivity contribution in [2.45, 2.75) is 89.4 Å². The average Bonchev–Trinajstić information content (AvgIpc) is 2.74. The third-order valence-corrected chi connectivity index (χ3v) is 6.65. The molecule has 1 atom stereocenters. The van der Waals surface area contributed by atoms with Crippen LogP contribution in [0, 0.1) is 5.92 Å². The maximum atomic E-state index is 13.4. The van der Waals surface area contributed by atoms with Gasteiger partial charge in [-0.1, -0.05) is 23.7 Å². The Hall–Kier alpha value is -1.63. The van der Waals surface area contributed by atoms with Gasteiger partial charge in [-0.05, 0) is 89.8 Å². The molecule has 2 aliphatic rings. The first-order valence-corrected chi connectivity index (χ1v) is 12.3. The molecule has 0 radical (unpaired) electrons. The number of benzene rings is 1. The molecule has 1 aromatic rings. The Morgan fingerprint density at radius 1 is 1.16 bits per heavy atom. The molecule has 6 nitrogen and oxygen atoms in total. The van der Waals surface area contributed by atoms with E-state index < -0.39 is 17.3 Å². The Kier molecular flexibility index (Phi) is 8.23. The summed E-state index contributed by atoms with van der Waals surface area (Å²) in [7, 11) is 0. The topological polar surface area (TPSA) is 84.7 Å². The van der Waals surface area contributed by atoms with Crippen molar-refractivity contribution in [1.29, 1.82) is 0 Å².